The molecule has 0 aliphatic carbocycles. The summed E-state index contributed by atoms with van der Waals surface area (Å²) >= 11 is 1.93. The number of rotatable bonds is 1. The second-order valence-electron chi connectivity index (χ2n) is 2.27. The third-order valence-electron chi connectivity index (χ3n) is 1.33. The Morgan fingerprint density at radius 3 is 2.60 bits per heavy atom. The van der Waals surface area contributed by atoms with E-state index in [1.54, 1.807) is 6.92 Å². The van der Waals surface area contributed by atoms with E-state index in [0.29, 0.717) is 0 Å². The number of carbonyl (C=O) groups is 1. The summed E-state index contributed by atoms with van der Waals surface area (Å²) in [7, 11) is 0. The zero-order chi connectivity index (χ0) is 7.40. The van der Waals surface area contributed by atoms with E-state index in [9.17, 15) is 4.79 Å². The zero-order valence-corrected chi connectivity index (χ0v) is 6.91. The molecule has 0 saturated carbocycles. The highest BCUT2D eigenvalue weighted by atomic mass is 32.2. The van der Waals surface area contributed by atoms with Gasteiger partial charge in [0.1, 0.15) is 0 Å². The zero-order valence-electron chi connectivity index (χ0n) is 6.09. The van der Waals surface area contributed by atoms with E-state index < -0.39 is 0 Å². The number of hydrogen-bond acceptors (Lipinski definition) is 3. The van der Waals surface area contributed by atoms with Gasteiger partial charge in [0.15, 0.2) is 0 Å². The lowest BCUT2D eigenvalue weighted by atomic mass is 10.6. The van der Waals surface area contributed by atoms with Crippen LogP contribution < -0.4 is 5.43 Å². The van der Waals surface area contributed by atoms with Gasteiger partial charge in [-0.05, 0) is 0 Å². The molecule has 0 atom stereocenters. The van der Waals surface area contributed by atoms with Crippen LogP contribution in [0, 0.1) is 0 Å². The van der Waals surface area contributed by atoms with Crippen LogP contribution in [0.15, 0.2) is 0 Å². The molecule has 1 saturated heterocycles. The number of amides is 1. The Morgan fingerprint density at radius 1 is 1.50 bits per heavy atom. The van der Waals surface area contributed by atoms with Crippen molar-refractivity contribution in [3.8, 4) is 0 Å². The highest BCUT2D eigenvalue weighted by molar-refractivity contribution is 7.99. The van der Waals surface area contributed by atoms with E-state index in [-0.39, 0.29) is 5.91 Å². The van der Waals surface area contributed by atoms with Gasteiger partial charge in [-0.2, -0.15) is 11.8 Å². The van der Waals surface area contributed by atoms with Gasteiger partial charge in [-0.25, -0.2) is 5.01 Å². The standard InChI is InChI=1S/C6H12N2OS/c1-6(9)7-8-2-4-10-5-3-8/h2-5H2,1H3,(H,7,9). The van der Waals surface area contributed by atoms with Gasteiger partial charge in [0.2, 0.25) is 5.91 Å². The first-order valence-electron chi connectivity index (χ1n) is 3.39. The lowest BCUT2D eigenvalue weighted by molar-refractivity contribution is -0.123. The lowest BCUT2D eigenvalue weighted by Crippen LogP contribution is -2.45. The molecule has 0 aromatic carbocycles. The van der Waals surface area contributed by atoms with Gasteiger partial charge >= 0.3 is 0 Å². The summed E-state index contributed by atoms with van der Waals surface area (Å²) < 4.78 is 0. The number of hydrazine groups is 1. The second kappa shape index (κ2) is 3.83. The first-order chi connectivity index (χ1) is 4.79. The Hall–Kier alpha value is -0.220. The number of nitrogens with one attached hydrogen (secondary N) is 1. The summed E-state index contributed by atoms with van der Waals surface area (Å²) in [5, 5.41) is 1.97. The summed E-state index contributed by atoms with van der Waals surface area (Å²) in [6.07, 6.45) is 0. The van der Waals surface area contributed by atoms with Crippen LogP contribution in [-0.4, -0.2) is 35.5 Å². The fraction of sp³-hybridized carbons (Fsp3) is 0.833. The minimum absolute atomic E-state index is 0.0342. The average Bonchev–Trinajstić information content (AvgIpc) is 1.88. The molecule has 58 valence electrons. The fourth-order valence-electron chi connectivity index (χ4n) is 0.898. The molecule has 1 amide bonds. The summed E-state index contributed by atoms with van der Waals surface area (Å²) in [6.45, 7) is 3.50. The largest absolute Gasteiger partial charge is 0.289 e. The Balaban J connectivity index is 2.19. The van der Waals surface area contributed by atoms with E-state index in [2.05, 4.69) is 5.43 Å². The predicted molar refractivity (Wildman–Crippen MR) is 42.7 cm³/mol. The Bertz CT molecular complexity index is 123. The highest BCUT2D eigenvalue weighted by Crippen LogP contribution is 2.06. The van der Waals surface area contributed by atoms with Crippen molar-refractivity contribution in [3.63, 3.8) is 0 Å². The molecule has 1 N–H and O–H groups in total. The molecule has 1 fully saturated rings. The van der Waals surface area contributed by atoms with Gasteiger partial charge in [-0.1, -0.05) is 0 Å². The van der Waals surface area contributed by atoms with E-state index in [1.807, 2.05) is 16.8 Å². The first-order valence-corrected chi connectivity index (χ1v) is 4.54. The minimum atomic E-state index is 0.0342. The molecule has 0 unspecified atom stereocenters. The molecule has 0 radical (unpaired) electrons. The van der Waals surface area contributed by atoms with E-state index in [1.165, 1.54) is 0 Å². The number of carbonyl (C=O) groups excluding carboxylic acids is 1. The topological polar surface area (TPSA) is 32.3 Å². The Morgan fingerprint density at radius 2 is 2.10 bits per heavy atom. The smallest absolute Gasteiger partial charge is 0.231 e. The van der Waals surface area contributed by atoms with Crippen LogP contribution in [0.4, 0.5) is 0 Å². The summed E-state index contributed by atoms with van der Waals surface area (Å²) in [5.41, 5.74) is 2.76. The Kier molecular flexibility index (Phi) is 3.02. The van der Waals surface area contributed by atoms with Crippen molar-refractivity contribution >= 4 is 17.7 Å². The van der Waals surface area contributed by atoms with Gasteiger partial charge in [-0.15, -0.1) is 0 Å². The molecular weight excluding hydrogens is 148 g/mol. The van der Waals surface area contributed by atoms with Crippen molar-refractivity contribution < 1.29 is 4.79 Å². The first kappa shape index (κ1) is 7.88. The molecule has 1 rings (SSSR count). The molecule has 0 spiro atoms. The van der Waals surface area contributed by atoms with Crippen molar-refractivity contribution in [2.24, 2.45) is 0 Å². The van der Waals surface area contributed by atoms with Crippen molar-refractivity contribution in [2.45, 2.75) is 6.92 Å². The third kappa shape index (κ3) is 2.58. The molecule has 4 heteroatoms. The summed E-state index contributed by atoms with van der Waals surface area (Å²) in [6, 6.07) is 0. The van der Waals surface area contributed by atoms with E-state index in [4.69, 9.17) is 0 Å². The molecular formula is C6H12N2OS. The molecule has 0 aromatic rings. The molecule has 1 aliphatic heterocycles. The molecule has 1 aliphatic rings. The van der Waals surface area contributed by atoms with Crippen LogP contribution in [0.1, 0.15) is 6.92 Å². The fourth-order valence-corrected chi connectivity index (χ4v) is 1.80. The van der Waals surface area contributed by atoms with Crippen LogP contribution >= 0.6 is 11.8 Å². The summed E-state index contributed by atoms with van der Waals surface area (Å²) in [4.78, 5) is 10.6. The molecule has 10 heavy (non-hydrogen) atoms. The lowest BCUT2D eigenvalue weighted by Gasteiger charge is -2.25. The van der Waals surface area contributed by atoms with Crippen LogP contribution in [-0.2, 0) is 4.79 Å². The average molecular weight is 160 g/mol. The van der Waals surface area contributed by atoms with Gasteiger partial charge in [0.05, 0.1) is 0 Å². The van der Waals surface area contributed by atoms with Crippen LogP contribution in [0.2, 0.25) is 0 Å². The molecule has 0 aromatic heterocycles. The van der Waals surface area contributed by atoms with Crippen molar-refractivity contribution in [1.29, 1.82) is 0 Å². The van der Waals surface area contributed by atoms with Gasteiger partial charge in [0, 0.05) is 31.5 Å². The van der Waals surface area contributed by atoms with Crippen molar-refractivity contribution in [2.75, 3.05) is 24.6 Å². The van der Waals surface area contributed by atoms with E-state index in [0.717, 1.165) is 24.6 Å². The van der Waals surface area contributed by atoms with Crippen LogP contribution in [0.5, 0.6) is 0 Å². The SMILES string of the molecule is CC(=O)NN1CCSCC1. The third-order valence-corrected chi connectivity index (χ3v) is 2.27. The van der Waals surface area contributed by atoms with Crippen LogP contribution in [0.3, 0.4) is 0 Å². The predicted octanol–water partition coefficient (Wildman–Crippen LogP) is 0.0863. The monoisotopic (exact) mass is 160 g/mol. The maximum absolute atomic E-state index is 10.6. The number of thioether (sulfide) groups is 1. The van der Waals surface area contributed by atoms with Gasteiger partial charge < -0.3 is 0 Å². The van der Waals surface area contributed by atoms with Gasteiger partial charge in [-0.3, -0.25) is 10.2 Å². The quantitative estimate of drug-likeness (QED) is 0.590. The van der Waals surface area contributed by atoms with Crippen molar-refractivity contribution in [3.05, 3.63) is 0 Å². The molecule has 0 bridgehead atoms. The number of nitrogens with zero attached hydrogens (tertiary/aromatic N) is 1. The maximum Gasteiger partial charge on any atom is 0.231 e. The molecule has 1 heterocycles. The van der Waals surface area contributed by atoms with Crippen molar-refractivity contribution in [1.82, 2.24) is 10.4 Å². The highest BCUT2D eigenvalue weighted by Gasteiger charge is 2.09. The minimum Gasteiger partial charge on any atom is -0.289 e. The normalized spacial score (nSPS) is 20.5. The van der Waals surface area contributed by atoms with Crippen LogP contribution in [0.25, 0.3) is 0 Å². The van der Waals surface area contributed by atoms with Gasteiger partial charge in [0.25, 0.3) is 0 Å². The Labute approximate surface area is 65.1 Å². The second-order valence-corrected chi connectivity index (χ2v) is 3.49. The molecule has 3 nitrogen and oxygen atoms in total. The number of hydrogen-bond donors (Lipinski definition) is 1. The maximum atomic E-state index is 10.6. The summed E-state index contributed by atoms with van der Waals surface area (Å²) in [5.74, 6) is 2.28. The van der Waals surface area contributed by atoms with E-state index >= 15 is 0 Å².